The molecule has 0 spiro atoms. The van der Waals surface area contributed by atoms with Gasteiger partial charge in [0.15, 0.2) is 12.4 Å². The average molecular weight is 628 g/mol. The van der Waals surface area contributed by atoms with Gasteiger partial charge in [0.2, 0.25) is 11.8 Å². The van der Waals surface area contributed by atoms with Crippen LogP contribution in [0.4, 0.5) is 5.69 Å². The van der Waals surface area contributed by atoms with E-state index in [0.29, 0.717) is 21.8 Å². The van der Waals surface area contributed by atoms with Crippen LogP contribution < -0.4 is 4.90 Å². The van der Waals surface area contributed by atoms with Crippen molar-refractivity contribution in [1.29, 1.82) is 5.26 Å². The van der Waals surface area contributed by atoms with Crippen molar-refractivity contribution >= 4 is 41.0 Å². The number of nitrogens with zero attached hydrogens (tertiary/aromatic N) is 3. The van der Waals surface area contributed by atoms with Crippen molar-refractivity contribution in [3.05, 3.63) is 112 Å². The van der Waals surface area contributed by atoms with Gasteiger partial charge in [-0.2, -0.15) is 5.26 Å². The van der Waals surface area contributed by atoms with Crippen LogP contribution in [-0.2, 0) is 33.6 Å². The van der Waals surface area contributed by atoms with Crippen LogP contribution in [-0.4, -0.2) is 40.4 Å². The second kappa shape index (κ2) is 12.4. The first kappa shape index (κ1) is 29.6. The number of ketones is 1. The van der Waals surface area contributed by atoms with Gasteiger partial charge < -0.3 is 4.74 Å². The Kier molecular flexibility index (Phi) is 7.97. The van der Waals surface area contributed by atoms with Crippen LogP contribution in [0.5, 0.6) is 0 Å². The molecule has 9 heteroatoms. The summed E-state index contributed by atoms with van der Waals surface area (Å²) in [6, 6.07) is 23.8. The van der Waals surface area contributed by atoms with Crippen LogP contribution in [0, 0.1) is 11.3 Å². The summed E-state index contributed by atoms with van der Waals surface area (Å²) in [6.07, 6.45) is 5.68. The van der Waals surface area contributed by atoms with E-state index < -0.39 is 23.7 Å². The van der Waals surface area contributed by atoms with Crippen LogP contribution >= 0.6 is 11.8 Å². The fraction of sp³-hybridized carbons (Fsp3) is 0.243. The minimum Gasteiger partial charge on any atom is -0.454 e. The first-order valence-corrected chi connectivity index (χ1v) is 16.3. The number of benzene rings is 3. The molecule has 2 amide bonds. The molecule has 46 heavy (non-hydrogen) atoms. The van der Waals surface area contributed by atoms with E-state index in [9.17, 15) is 24.4 Å². The van der Waals surface area contributed by atoms with E-state index in [1.807, 2.05) is 30.3 Å². The van der Waals surface area contributed by atoms with Crippen LogP contribution in [0.2, 0.25) is 0 Å². The maximum atomic E-state index is 13.4. The van der Waals surface area contributed by atoms with Gasteiger partial charge in [0.1, 0.15) is 11.1 Å². The predicted molar refractivity (Wildman–Crippen MR) is 173 cm³/mol. The largest absolute Gasteiger partial charge is 0.454 e. The molecule has 0 saturated carbocycles. The predicted octanol–water partition coefficient (Wildman–Crippen LogP) is 6.26. The lowest BCUT2D eigenvalue weighted by Gasteiger charge is -2.16. The molecule has 3 aliphatic rings. The zero-order valence-electron chi connectivity index (χ0n) is 25.0. The molecule has 7 rings (SSSR count). The standard InChI is InChI=1S/C37H29N3O5S/c38-20-27-17-24-7-2-1-3-9-31(24)39-35(27)46-33-19-34(42)40(36(33)43)28-13-10-22(11-14-28)37(44)45-21-32(41)25-12-15-30-26(18-25)16-23-6-4-5-8-29(23)30/h4-6,8,10-15,17-18,33H,1-3,7,9,16,19,21H2. The lowest BCUT2D eigenvalue weighted by Crippen LogP contribution is -2.31. The number of amides is 2. The monoisotopic (exact) mass is 627 g/mol. The fourth-order valence-corrected chi connectivity index (χ4v) is 7.52. The van der Waals surface area contributed by atoms with Gasteiger partial charge in [0.05, 0.1) is 22.1 Å². The van der Waals surface area contributed by atoms with Gasteiger partial charge in [-0.3, -0.25) is 14.4 Å². The summed E-state index contributed by atoms with van der Waals surface area (Å²) in [4.78, 5) is 57.8. The number of nitriles is 1. The molecule has 8 nitrogen and oxygen atoms in total. The third-order valence-electron chi connectivity index (χ3n) is 8.81. The number of hydrogen-bond donors (Lipinski definition) is 0. The quantitative estimate of drug-likeness (QED) is 0.0899. The third-order valence-corrected chi connectivity index (χ3v) is 9.99. The maximum Gasteiger partial charge on any atom is 0.338 e. The number of carbonyl (C=O) groups is 4. The van der Waals surface area contributed by atoms with Crippen molar-refractivity contribution < 1.29 is 23.9 Å². The van der Waals surface area contributed by atoms with Crippen molar-refractivity contribution in [2.45, 2.75) is 55.2 Å². The van der Waals surface area contributed by atoms with E-state index in [2.05, 4.69) is 18.2 Å². The number of esters is 1. The van der Waals surface area contributed by atoms with Gasteiger partial charge >= 0.3 is 5.97 Å². The van der Waals surface area contributed by atoms with Crippen LogP contribution in [0.15, 0.2) is 77.8 Å². The molecule has 1 fully saturated rings. The number of imide groups is 1. The second-order valence-electron chi connectivity index (χ2n) is 11.7. The normalized spacial score (nSPS) is 16.7. The molecule has 1 unspecified atom stereocenters. The minimum atomic E-state index is -0.708. The maximum absolute atomic E-state index is 13.4. The van der Waals surface area contributed by atoms with Crippen molar-refractivity contribution in [1.82, 2.24) is 4.98 Å². The summed E-state index contributed by atoms with van der Waals surface area (Å²) in [5.41, 5.74) is 8.07. The van der Waals surface area contributed by atoms with Crippen molar-refractivity contribution in [3.8, 4) is 17.2 Å². The Morgan fingerprint density at radius 2 is 1.65 bits per heavy atom. The fourth-order valence-electron chi connectivity index (χ4n) is 6.43. The van der Waals surface area contributed by atoms with Crippen LogP contribution in [0.3, 0.4) is 0 Å². The molecule has 228 valence electrons. The number of Topliss-reactive ketones (excluding diaryl/α,β-unsaturated/α-hetero) is 1. The highest BCUT2D eigenvalue weighted by atomic mass is 32.2. The Balaban J connectivity index is 0.983. The molecule has 0 bridgehead atoms. The molecule has 0 radical (unpaired) electrons. The topological polar surface area (TPSA) is 117 Å². The summed E-state index contributed by atoms with van der Waals surface area (Å²) in [5, 5.41) is 9.52. The van der Waals surface area contributed by atoms with Gasteiger partial charge in [0.25, 0.3) is 0 Å². The number of hydrogen-bond acceptors (Lipinski definition) is 8. The van der Waals surface area contributed by atoms with Crippen molar-refractivity contribution in [3.63, 3.8) is 0 Å². The Morgan fingerprint density at radius 3 is 2.48 bits per heavy atom. The SMILES string of the molecule is N#Cc1cc2c(nc1SC1CC(=O)N(c3ccc(C(=O)OCC(=O)c4ccc5c(c4)Cc4ccccc4-5)cc3)C1=O)CCCCC2. The first-order valence-electron chi connectivity index (χ1n) is 15.4. The molecule has 2 aliphatic carbocycles. The number of pyridine rings is 1. The number of fused-ring (bicyclic) bond motifs is 4. The molecule has 1 saturated heterocycles. The molecule has 2 heterocycles. The number of ether oxygens (including phenoxy) is 1. The second-order valence-corrected chi connectivity index (χ2v) is 12.9. The van der Waals surface area contributed by atoms with Gasteiger partial charge in [-0.25, -0.2) is 14.7 Å². The molecular formula is C37H29N3O5S. The van der Waals surface area contributed by atoms with Gasteiger partial charge in [-0.05, 0) is 96.3 Å². The highest BCUT2D eigenvalue weighted by molar-refractivity contribution is 8.00. The molecule has 4 aromatic rings. The van der Waals surface area contributed by atoms with Crippen LogP contribution in [0.25, 0.3) is 11.1 Å². The summed E-state index contributed by atoms with van der Waals surface area (Å²) in [7, 11) is 0. The Bertz CT molecular complexity index is 1960. The Morgan fingerprint density at radius 1 is 0.891 bits per heavy atom. The van der Waals surface area contributed by atoms with Gasteiger partial charge in [-0.15, -0.1) is 0 Å². The molecular weight excluding hydrogens is 598 g/mol. The highest BCUT2D eigenvalue weighted by Crippen LogP contribution is 2.38. The van der Waals surface area contributed by atoms with Crippen LogP contribution in [0.1, 0.15) is 74.3 Å². The number of anilines is 1. The smallest absolute Gasteiger partial charge is 0.338 e. The third kappa shape index (κ3) is 5.61. The van der Waals surface area contributed by atoms with Gasteiger partial charge in [0, 0.05) is 17.7 Å². The molecule has 1 atom stereocenters. The molecule has 1 aliphatic heterocycles. The van der Waals surface area contributed by atoms with E-state index in [0.717, 1.165) is 77.6 Å². The zero-order valence-corrected chi connectivity index (χ0v) is 25.8. The van der Waals surface area contributed by atoms with E-state index >= 15 is 0 Å². The summed E-state index contributed by atoms with van der Waals surface area (Å²) < 4.78 is 5.31. The van der Waals surface area contributed by atoms with Gasteiger partial charge in [-0.1, -0.05) is 54.6 Å². The number of aromatic nitrogens is 1. The minimum absolute atomic E-state index is 0.0200. The molecule has 3 aromatic carbocycles. The van der Waals surface area contributed by atoms with E-state index in [1.165, 1.54) is 35.4 Å². The summed E-state index contributed by atoms with van der Waals surface area (Å²) >= 11 is 1.16. The summed E-state index contributed by atoms with van der Waals surface area (Å²) in [5.74, 6) is -1.74. The van der Waals surface area contributed by atoms with E-state index in [-0.39, 0.29) is 23.7 Å². The first-order chi connectivity index (χ1) is 22.4. The zero-order chi connectivity index (χ0) is 31.8. The van der Waals surface area contributed by atoms with E-state index in [4.69, 9.17) is 9.72 Å². The number of carbonyl (C=O) groups excluding carboxylic acids is 4. The number of rotatable bonds is 7. The summed E-state index contributed by atoms with van der Waals surface area (Å²) in [6.45, 7) is -0.407. The van der Waals surface area contributed by atoms with Crippen molar-refractivity contribution in [2.24, 2.45) is 0 Å². The van der Waals surface area contributed by atoms with E-state index in [1.54, 1.807) is 6.07 Å². The van der Waals surface area contributed by atoms with Crippen molar-refractivity contribution in [2.75, 3.05) is 11.5 Å². The number of thioether (sulfide) groups is 1. The molecule has 1 aromatic heterocycles. The Hall–Kier alpha value is -5.07. The highest BCUT2D eigenvalue weighted by Gasteiger charge is 2.41. The average Bonchev–Trinajstić information content (AvgIpc) is 3.47. The Labute approximate surface area is 270 Å². The number of aryl methyl sites for hydroxylation is 2. The molecule has 0 N–H and O–H groups in total. The lowest BCUT2D eigenvalue weighted by atomic mass is 10.0. The lowest BCUT2D eigenvalue weighted by molar-refractivity contribution is -0.121.